The van der Waals surface area contributed by atoms with Gasteiger partial charge < -0.3 is 15.8 Å². The van der Waals surface area contributed by atoms with E-state index in [9.17, 15) is 10.1 Å². The van der Waals surface area contributed by atoms with E-state index in [1.807, 2.05) is 30.3 Å². The van der Waals surface area contributed by atoms with Crippen molar-refractivity contribution in [2.45, 2.75) is 59.3 Å². The molecule has 1 fully saturated rings. The highest BCUT2D eigenvalue weighted by Gasteiger charge is 2.35. The number of nitrogens with one attached hydrogen (secondary N) is 1. The predicted molar refractivity (Wildman–Crippen MR) is 115 cm³/mol. The van der Waals surface area contributed by atoms with Gasteiger partial charge in [-0.05, 0) is 37.2 Å². The molecule has 29 heavy (non-hydrogen) atoms. The lowest BCUT2D eigenvalue weighted by atomic mass is 9.82. The lowest BCUT2D eigenvalue weighted by Crippen LogP contribution is -2.33. The van der Waals surface area contributed by atoms with Crippen molar-refractivity contribution in [2.24, 2.45) is 17.6 Å². The van der Waals surface area contributed by atoms with E-state index in [0.717, 1.165) is 24.3 Å². The molecular weight excluding hydrogens is 362 g/mol. The molecule has 1 aromatic carbocycles. The van der Waals surface area contributed by atoms with E-state index in [2.05, 4.69) is 32.2 Å². The molecule has 1 aliphatic heterocycles. The highest BCUT2D eigenvalue weighted by Crippen LogP contribution is 2.37. The van der Waals surface area contributed by atoms with Gasteiger partial charge in [-0.1, -0.05) is 63.9 Å². The summed E-state index contributed by atoms with van der Waals surface area (Å²) in [6.07, 6.45) is 4.89. The summed E-state index contributed by atoms with van der Waals surface area (Å²) in [4.78, 5) is 12.6. The Kier molecular flexibility index (Phi) is 8.33. The second kappa shape index (κ2) is 10.7. The Morgan fingerprint density at radius 2 is 1.90 bits per heavy atom. The summed E-state index contributed by atoms with van der Waals surface area (Å²) in [6, 6.07) is 11.6. The first kappa shape index (κ1) is 22.5. The minimum absolute atomic E-state index is 0.289. The third-order valence-electron chi connectivity index (χ3n) is 5.61. The number of rotatable bonds is 6. The van der Waals surface area contributed by atoms with E-state index in [4.69, 9.17) is 10.5 Å². The van der Waals surface area contributed by atoms with E-state index in [1.54, 1.807) is 6.92 Å². The van der Waals surface area contributed by atoms with Gasteiger partial charge in [0.1, 0.15) is 5.82 Å². The highest BCUT2D eigenvalue weighted by atomic mass is 16.5. The van der Waals surface area contributed by atoms with Crippen molar-refractivity contribution in [2.75, 3.05) is 6.61 Å². The average molecular weight is 396 g/mol. The summed E-state index contributed by atoms with van der Waals surface area (Å²) < 4.78 is 5.45. The zero-order valence-electron chi connectivity index (χ0n) is 18.0. The predicted octanol–water partition coefficient (Wildman–Crippen LogP) is 4.74. The van der Waals surface area contributed by atoms with Crippen molar-refractivity contribution in [3.8, 4) is 6.07 Å². The van der Waals surface area contributed by atoms with Gasteiger partial charge in [0.15, 0.2) is 0 Å². The summed E-state index contributed by atoms with van der Waals surface area (Å²) in [5, 5.41) is 12.4. The Morgan fingerprint density at radius 3 is 2.38 bits per heavy atom. The van der Waals surface area contributed by atoms with Crippen LogP contribution in [0.3, 0.4) is 0 Å². The molecule has 1 aromatic rings. The molecule has 5 heteroatoms. The van der Waals surface area contributed by atoms with Crippen molar-refractivity contribution in [1.82, 2.24) is 5.32 Å². The third kappa shape index (κ3) is 6.12. The smallest absolute Gasteiger partial charge is 0.336 e. The topological polar surface area (TPSA) is 88.1 Å². The second-order valence-electron chi connectivity index (χ2n) is 7.91. The highest BCUT2D eigenvalue weighted by molar-refractivity contribution is 5.93. The monoisotopic (exact) mass is 395 g/mol. The largest absolute Gasteiger partial charge is 0.462 e. The second-order valence-corrected chi connectivity index (χ2v) is 7.91. The molecule has 2 aliphatic rings. The number of nitriles is 1. The van der Waals surface area contributed by atoms with E-state index in [0.29, 0.717) is 29.4 Å². The standard InChI is InChI=1S/C18H19N3O2.C6H14/c1-11-15(18(22)23-10-12-7-8-12)16(13-5-3-2-4-6-13)14(9-19)17(20)21-11;1-4-6(3)5-2/h2-6,12,16,21H,7-8,10,20H2,1H3;6H,4-5H2,1-3H3. The van der Waals surface area contributed by atoms with E-state index in [1.165, 1.54) is 12.8 Å². The van der Waals surface area contributed by atoms with Gasteiger partial charge >= 0.3 is 5.97 Å². The molecular formula is C24H33N3O2. The maximum absolute atomic E-state index is 12.6. The lowest BCUT2D eigenvalue weighted by molar-refractivity contribution is -0.139. The zero-order chi connectivity index (χ0) is 21.4. The van der Waals surface area contributed by atoms with Gasteiger partial charge in [0, 0.05) is 5.70 Å². The average Bonchev–Trinajstić information content (AvgIpc) is 3.56. The van der Waals surface area contributed by atoms with E-state index < -0.39 is 5.92 Å². The number of ether oxygens (including phenoxy) is 1. The third-order valence-corrected chi connectivity index (χ3v) is 5.61. The number of esters is 1. The van der Waals surface area contributed by atoms with Crippen LogP contribution < -0.4 is 11.1 Å². The molecule has 0 spiro atoms. The number of benzene rings is 1. The molecule has 0 bridgehead atoms. The number of allylic oxidation sites excluding steroid dienone is 2. The fraction of sp³-hybridized carbons (Fsp3) is 0.500. The Morgan fingerprint density at radius 1 is 1.28 bits per heavy atom. The molecule has 156 valence electrons. The normalized spacial score (nSPS) is 18.6. The van der Waals surface area contributed by atoms with Crippen LogP contribution in [0.4, 0.5) is 0 Å². The van der Waals surface area contributed by atoms with Gasteiger partial charge in [-0.3, -0.25) is 0 Å². The molecule has 1 saturated carbocycles. The molecule has 0 radical (unpaired) electrons. The fourth-order valence-electron chi connectivity index (χ4n) is 3.07. The number of nitrogens with zero attached hydrogens (tertiary/aromatic N) is 1. The summed E-state index contributed by atoms with van der Waals surface area (Å²) in [7, 11) is 0. The Balaban J connectivity index is 0.000000438. The van der Waals surface area contributed by atoms with E-state index >= 15 is 0 Å². The Hall–Kier alpha value is -2.74. The number of dihydropyridines is 1. The van der Waals surface area contributed by atoms with Gasteiger partial charge in [-0.15, -0.1) is 0 Å². The molecule has 0 saturated heterocycles. The Labute approximate surface area is 174 Å². The zero-order valence-corrected chi connectivity index (χ0v) is 18.0. The maximum atomic E-state index is 12.6. The number of hydrogen-bond donors (Lipinski definition) is 2. The summed E-state index contributed by atoms with van der Waals surface area (Å²) in [5.41, 5.74) is 8.26. The van der Waals surface area contributed by atoms with Crippen molar-refractivity contribution >= 4 is 5.97 Å². The van der Waals surface area contributed by atoms with Crippen LogP contribution in [-0.4, -0.2) is 12.6 Å². The van der Waals surface area contributed by atoms with E-state index in [-0.39, 0.29) is 11.8 Å². The van der Waals surface area contributed by atoms with Crippen LogP contribution in [0, 0.1) is 23.2 Å². The summed E-state index contributed by atoms with van der Waals surface area (Å²) in [6.45, 7) is 8.96. The van der Waals surface area contributed by atoms with Crippen LogP contribution >= 0.6 is 0 Å². The molecule has 1 aliphatic carbocycles. The molecule has 5 nitrogen and oxygen atoms in total. The molecule has 0 amide bonds. The number of carbonyl (C=O) groups excluding carboxylic acids is 1. The molecule has 1 heterocycles. The van der Waals surface area contributed by atoms with Gasteiger partial charge in [0.25, 0.3) is 0 Å². The molecule has 1 atom stereocenters. The SMILES string of the molecule is CC1=C(C(=O)OCC2CC2)C(c2ccccc2)C(C#N)=C(N)N1.CCC(C)CC. The van der Waals surface area contributed by atoms with Gasteiger partial charge in [0.2, 0.25) is 0 Å². The van der Waals surface area contributed by atoms with Crippen LogP contribution in [0.2, 0.25) is 0 Å². The molecule has 0 aromatic heterocycles. The molecule has 3 N–H and O–H groups in total. The van der Waals surface area contributed by atoms with Crippen LogP contribution in [0.15, 0.2) is 53.0 Å². The van der Waals surface area contributed by atoms with Gasteiger partial charge in [-0.2, -0.15) is 5.26 Å². The minimum Gasteiger partial charge on any atom is -0.462 e. The van der Waals surface area contributed by atoms with Crippen LogP contribution in [0.1, 0.15) is 64.9 Å². The number of hydrogen-bond acceptors (Lipinski definition) is 5. The minimum atomic E-state index is -0.492. The first-order valence-corrected chi connectivity index (χ1v) is 10.5. The van der Waals surface area contributed by atoms with Crippen LogP contribution in [0.25, 0.3) is 0 Å². The van der Waals surface area contributed by atoms with Crippen molar-refractivity contribution in [1.29, 1.82) is 5.26 Å². The Bertz CT molecular complexity index is 797. The summed E-state index contributed by atoms with van der Waals surface area (Å²) >= 11 is 0. The van der Waals surface area contributed by atoms with Crippen LogP contribution in [0.5, 0.6) is 0 Å². The van der Waals surface area contributed by atoms with Crippen molar-refractivity contribution in [3.05, 3.63) is 58.6 Å². The number of nitrogens with two attached hydrogens (primary N) is 1. The fourth-order valence-corrected chi connectivity index (χ4v) is 3.07. The van der Waals surface area contributed by atoms with Crippen LogP contribution in [-0.2, 0) is 9.53 Å². The first-order valence-electron chi connectivity index (χ1n) is 10.5. The van der Waals surface area contributed by atoms with Crippen molar-refractivity contribution in [3.63, 3.8) is 0 Å². The van der Waals surface area contributed by atoms with Crippen molar-refractivity contribution < 1.29 is 9.53 Å². The molecule has 3 rings (SSSR count). The maximum Gasteiger partial charge on any atom is 0.336 e. The summed E-state index contributed by atoms with van der Waals surface area (Å²) in [5.74, 6) is 0.843. The van der Waals surface area contributed by atoms with Gasteiger partial charge in [-0.25, -0.2) is 4.79 Å². The molecule has 1 unspecified atom stereocenters. The number of carbonyl (C=O) groups is 1. The quantitative estimate of drug-likeness (QED) is 0.679. The first-order chi connectivity index (χ1) is 13.9. The lowest BCUT2D eigenvalue weighted by Gasteiger charge is -2.28. The van der Waals surface area contributed by atoms with Gasteiger partial charge in [0.05, 0.1) is 29.7 Å².